The molecule has 0 unspecified atom stereocenters. The molecule has 4 rings (SSSR count). The van der Waals surface area contributed by atoms with Crippen molar-refractivity contribution in [3.63, 3.8) is 0 Å². The molecule has 0 bridgehead atoms. The summed E-state index contributed by atoms with van der Waals surface area (Å²) >= 11 is 6.14. The van der Waals surface area contributed by atoms with Crippen LogP contribution in [0.25, 0.3) is 10.9 Å². The van der Waals surface area contributed by atoms with Gasteiger partial charge in [-0.1, -0.05) is 54.1 Å². The van der Waals surface area contributed by atoms with E-state index in [0.29, 0.717) is 33.2 Å². The van der Waals surface area contributed by atoms with Crippen LogP contribution in [-0.2, 0) is 4.79 Å². The largest absolute Gasteiger partial charge is 0.494 e. The number of aromatic nitrogens is 1. The lowest BCUT2D eigenvalue weighted by molar-refractivity contribution is -0.122. The molecule has 0 saturated carbocycles. The number of hydrogen-bond acceptors (Lipinski definition) is 4. The van der Waals surface area contributed by atoms with Crippen LogP contribution in [0.5, 0.6) is 5.88 Å². The van der Waals surface area contributed by atoms with Crippen molar-refractivity contribution in [1.82, 2.24) is 4.98 Å². The number of hydrogen-bond donors (Lipinski definition) is 3. The number of aromatic hydroxyl groups is 1. The number of anilines is 1. The van der Waals surface area contributed by atoms with Gasteiger partial charge in [-0.15, -0.1) is 0 Å². The summed E-state index contributed by atoms with van der Waals surface area (Å²) in [7, 11) is 1.69. The van der Waals surface area contributed by atoms with Crippen molar-refractivity contribution < 1.29 is 9.90 Å². The third kappa shape index (κ3) is 4.62. The average molecular weight is 461 g/mol. The van der Waals surface area contributed by atoms with E-state index in [1.165, 1.54) is 4.90 Å². The van der Waals surface area contributed by atoms with Crippen molar-refractivity contribution in [3.8, 4) is 5.88 Å². The number of halogens is 1. The summed E-state index contributed by atoms with van der Waals surface area (Å²) in [5.74, 6) is -0.207. The quantitative estimate of drug-likeness (QED) is 0.348. The van der Waals surface area contributed by atoms with Crippen molar-refractivity contribution in [1.29, 1.82) is 0 Å². The van der Waals surface area contributed by atoms with E-state index in [1.807, 2.05) is 60.7 Å². The van der Waals surface area contributed by atoms with E-state index in [2.05, 4.69) is 4.98 Å². The summed E-state index contributed by atoms with van der Waals surface area (Å²) in [5, 5.41) is 12.2. The third-order valence-corrected chi connectivity index (χ3v) is 5.57. The Morgan fingerprint density at radius 3 is 2.48 bits per heavy atom. The highest BCUT2D eigenvalue weighted by Gasteiger charge is 2.26. The van der Waals surface area contributed by atoms with Crippen molar-refractivity contribution in [3.05, 3.63) is 88.9 Å². The van der Waals surface area contributed by atoms with E-state index in [4.69, 9.17) is 22.3 Å². The molecule has 0 atom stereocenters. The Hall–Kier alpha value is -3.61. The van der Waals surface area contributed by atoms with Gasteiger partial charge in [-0.2, -0.15) is 0 Å². The van der Waals surface area contributed by atoms with Crippen LogP contribution >= 0.6 is 11.6 Å². The highest BCUT2D eigenvalue weighted by atomic mass is 35.5. The minimum absolute atomic E-state index is 0.00296. The molecule has 6 nitrogen and oxygen atoms in total. The lowest BCUT2D eigenvalue weighted by atomic mass is 10.0. The van der Waals surface area contributed by atoms with Gasteiger partial charge in [0.05, 0.1) is 28.0 Å². The lowest BCUT2D eigenvalue weighted by Crippen LogP contribution is -2.49. The second-order valence-corrected chi connectivity index (χ2v) is 8.91. The van der Waals surface area contributed by atoms with Crippen LogP contribution in [0.3, 0.4) is 0 Å². The molecule has 33 heavy (non-hydrogen) atoms. The normalized spacial score (nSPS) is 12.2. The standard InChI is InChI=1S/C26H25ClN4O2/c1-26(2,28)25(33)31(3)19-11-7-10-18(15-19)29-23(16-8-5-4-6-9-16)22-20-13-12-17(27)14-21(20)30-24(22)32/h4-15,30,32H,28H2,1-3H3. The van der Waals surface area contributed by atoms with E-state index < -0.39 is 5.54 Å². The minimum Gasteiger partial charge on any atom is -0.494 e. The molecule has 0 spiro atoms. The second-order valence-electron chi connectivity index (χ2n) is 8.47. The van der Waals surface area contributed by atoms with Crippen LogP contribution in [0, 0.1) is 0 Å². The molecule has 0 saturated heterocycles. The number of likely N-dealkylation sites (N-methyl/N-ethyl adjacent to an activating group) is 1. The fourth-order valence-corrected chi connectivity index (χ4v) is 3.88. The zero-order valence-electron chi connectivity index (χ0n) is 18.6. The first-order valence-corrected chi connectivity index (χ1v) is 10.8. The molecule has 168 valence electrons. The van der Waals surface area contributed by atoms with Gasteiger partial charge in [-0.05, 0) is 44.2 Å². The summed E-state index contributed by atoms with van der Waals surface area (Å²) in [6.45, 7) is 3.35. The molecule has 0 fully saturated rings. The van der Waals surface area contributed by atoms with Crippen LogP contribution in [0.1, 0.15) is 25.0 Å². The number of H-pyrrole nitrogens is 1. The number of rotatable bonds is 5. The van der Waals surface area contributed by atoms with Crippen molar-refractivity contribution >= 4 is 45.5 Å². The SMILES string of the molecule is CN(C(=O)C(C)(C)N)c1cccc(N=C(c2ccccc2)c2c(O)[nH]c3cc(Cl)ccc23)c1. The van der Waals surface area contributed by atoms with Gasteiger partial charge in [-0.25, -0.2) is 4.99 Å². The molecule has 0 aliphatic carbocycles. The predicted octanol–water partition coefficient (Wildman–Crippen LogP) is 5.40. The fraction of sp³-hybridized carbons (Fsp3) is 0.154. The van der Waals surface area contributed by atoms with Gasteiger partial charge < -0.3 is 20.7 Å². The number of nitrogens with two attached hydrogens (primary N) is 1. The van der Waals surface area contributed by atoms with E-state index in [9.17, 15) is 9.90 Å². The molecule has 4 N–H and O–H groups in total. The smallest absolute Gasteiger partial charge is 0.246 e. The zero-order chi connectivity index (χ0) is 23.8. The van der Waals surface area contributed by atoms with E-state index in [1.54, 1.807) is 33.0 Å². The minimum atomic E-state index is -1.000. The molecule has 3 aromatic carbocycles. The average Bonchev–Trinajstić information content (AvgIpc) is 3.11. The summed E-state index contributed by atoms with van der Waals surface area (Å²) < 4.78 is 0. The number of nitrogens with zero attached hydrogens (tertiary/aromatic N) is 2. The Morgan fingerprint density at radius 1 is 1.06 bits per heavy atom. The van der Waals surface area contributed by atoms with Gasteiger partial charge in [0.2, 0.25) is 5.91 Å². The number of fused-ring (bicyclic) bond motifs is 1. The maximum absolute atomic E-state index is 12.6. The van der Waals surface area contributed by atoms with Gasteiger partial charge in [0, 0.05) is 28.7 Å². The molecule has 1 aromatic heterocycles. The first-order chi connectivity index (χ1) is 15.6. The molecule has 0 aliphatic heterocycles. The number of carbonyl (C=O) groups is 1. The topological polar surface area (TPSA) is 94.7 Å². The van der Waals surface area contributed by atoms with Crippen LogP contribution in [0.2, 0.25) is 5.02 Å². The van der Waals surface area contributed by atoms with Crippen LogP contribution in [-0.4, -0.2) is 34.3 Å². The Labute approximate surface area is 197 Å². The van der Waals surface area contributed by atoms with Gasteiger partial charge in [0.25, 0.3) is 0 Å². The summed E-state index contributed by atoms with van der Waals surface area (Å²) in [4.78, 5) is 22.1. The zero-order valence-corrected chi connectivity index (χ0v) is 19.4. The maximum atomic E-state index is 12.6. The molecule has 4 aromatic rings. The molecule has 1 heterocycles. The van der Waals surface area contributed by atoms with Crippen molar-refractivity contribution in [2.75, 3.05) is 11.9 Å². The Balaban J connectivity index is 1.87. The maximum Gasteiger partial charge on any atom is 0.246 e. The molecule has 1 amide bonds. The first kappa shape index (κ1) is 22.6. The van der Waals surface area contributed by atoms with E-state index >= 15 is 0 Å². The number of benzene rings is 3. The van der Waals surface area contributed by atoms with Crippen LogP contribution in [0.15, 0.2) is 77.8 Å². The Morgan fingerprint density at radius 2 is 1.79 bits per heavy atom. The van der Waals surface area contributed by atoms with E-state index in [0.717, 1.165) is 10.9 Å². The molecule has 0 aliphatic rings. The molecule has 7 heteroatoms. The monoisotopic (exact) mass is 460 g/mol. The predicted molar refractivity (Wildman–Crippen MR) is 135 cm³/mol. The number of aliphatic imine (C=N–C) groups is 1. The molecular formula is C26H25ClN4O2. The molecule has 0 radical (unpaired) electrons. The van der Waals surface area contributed by atoms with Crippen molar-refractivity contribution in [2.24, 2.45) is 10.7 Å². The first-order valence-electron chi connectivity index (χ1n) is 10.5. The second kappa shape index (κ2) is 8.73. The summed E-state index contributed by atoms with van der Waals surface area (Å²) in [6.07, 6.45) is 0. The molecular weight excluding hydrogens is 436 g/mol. The Bertz CT molecular complexity index is 1350. The van der Waals surface area contributed by atoms with Crippen LogP contribution < -0.4 is 10.6 Å². The fourth-order valence-electron chi connectivity index (χ4n) is 3.71. The van der Waals surface area contributed by atoms with Crippen molar-refractivity contribution in [2.45, 2.75) is 19.4 Å². The van der Waals surface area contributed by atoms with Gasteiger partial charge in [-0.3, -0.25) is 4.79 Å². The van der Waals surface area contributed by atoms with E-state index in [-0.39, 0.29) is 11.8 Å². The number of amides is 1. The van der Waals surface area contributed by atoms with Gasteiger partial charge >= 0.3 is 0 Å². The highest BCUT2D eigenvalue weighted by Crippen LogP contribution is 2.33. The lowest BCUT2D eigenvalue weighted by Gasteiger charge is -2.26. The summed E-state index contributed by atoms with van der Waals surface area (Å²) in [5.41, 5.74) is 9.00. The number of aromatic amines is 1. The van der Waals surface area contributed by atoms with Crippen LogP contribution in [0.4, 0.5) is 11.4 Å². The third-order valence-electron chi connectivity index (χ3n) is 5.34. The van der Waals surface area contributed by atoms with Gasteiger partial charge in [0.1, 0.15) is 0 Å². The van der Waals surface area contributed by atoms with Gasteiger partial charge in [0.15, 0.2) is 5.88 Å². The summed E-state index contributed by atoms with van der Waals surface area (Å²) in [6, 6.07) is 22.3. The highest BCUT2D eigenvalue weighted by molar-refractivity contribution is 6.31. The number of carbonyl (C=O) groups excluding carboxylic acids is 1. The Kier molecular flexibility index (Phi) is 5.97. The number of nitrogens with one attached hydrogen (secondary N) is 1.